The van der Waals surface area contributed by atoms with Gasteiger partial charge in [0, 0.05) is 0 Å². The smallest absolute Gasteiger partial charge is 0.351 e. The molecule has 6 heteroatoms. The molecular weight excluding hydrogens is 324 g/mol. The van der Waals surface area contributed by atoms with Gasteiger partial charge in [0.25, 0.3) is 0 Å². The molecule has 25 heavy (non-hydrogen) atoms. The van der Waals surface area contributed by atoms with Crippen LogP contribution in [0.5, 0.6) is 0 Å². The average Bonchev–Trinajstić information content (AvgIpc) is 2.66. The maximum absolute atomic E-state index is 12.1. The summed E-state index contributed by atoms with van der Waals surface area (Å²) in [6.07, 6.45) is -1.33. The Bertz CT molecular complexity index is 711. The van der Waals surface area contributed by atoms with Crippen molar-refractivity contribution in [3.8, 4) is 0 Å². The summed E-state index contributed by atoms with van der Waals surface area (Å²) in [5.74, 6) is -2.09. The van der Waals surface area contributed by atoms with Gasteiger partial charge in [0.05, 0.1) is 17.7 Å². The molecule has 0 heterocycles. The lowest BCUT2D eigenvalue weighted by molar-refractivity contribution is -0.155. The highest BCUT2D eigenvalue weighted by Gasteiger charge is 2.27. The number of hydrogen-bond donors (Lipinski definition) is 0. The van der Waals surface area contributed by atoms with Crippen LogP contribution >= 0.6 is 0 Å². The predicted octanol–water partition coefficient (Wildman–Crippen LogP) is 2.63. The summed E-state index contributed by atoms with van der Waals surface area (Å²) in [6, 6.07) is 16.5. The SMILES string of the molecule is CCOC(=O)[C@@H](COC(=O)c1ccccc1)OC(=O)c1ccccc1. The van der Waals surface area contributed by atoms with E-state index in [9.17, 15) is 14.4 Å². The van der Waals surface area contributed by atoms with Gasteiger partial charge in [-0.2, -0.15) is 0 Å². The zero-order chi connectivity index (χ0) is 18.1. The van der Waals surface area contributed by atoms with Gasteiger partial charge in [0.2, 0.25) is 6.10 Å². The highest BCUT2D eigenvalue weighted by Crippen LogP contribution is 2.08. The van der Waals surface area contributed by atoms with Crippen molar-refractivity contribution < 1.29 is 28.6 Å². The molecule has 0 aliphatic heterocycles. The molecule has 0 saturated heterocycles. The van der Waals surface area contributed by atoms with Crippen LogP contribution in [0.15, 0.2) is 60.7 Å². The van der Waals surface area contributed by atoms with Crippen molar-refractivity contribution in [1.82, 2.24) is 0 Å². The van der Waals surface area contributed by atoms with Gasteiger partial charge in [0.15, 0.2) is 0 Å². The number of carbonyl (C=O) groups is 3. The van der Waals surface area contributed by atoms with E-state index in [4.69, 9.17) is 14.2 Å². The second-order valence-corrected chi connectivity index (χ2v) is 4.98. The molecule has 2 aromatic rings. The van der Waals surface area contributed by atoms with Gasteiger partial charge in [-0.1, -0.05) is 36.4 Å². The molecule has 2 aromatic carbocycles. The minimum atomic E-state index is -1.33. The van der Waals surface area contributed by atoms with Crippen molar-refractivity contribution in [2.24, 2.45) is 0 Å². The lowest BCUT2D eigenvalue weighted by Gasteiger charge is -2.16. The molecule has 0 unspecified atom stereocenters. The topological polar surface area (TPSA) is 78.9 Å². The summed E-state index contributed by atoms with van der Waals surface area (Å²) in [6.45, 7) is 1.32. The second kappa shape index (κ2) is 9.22. The highest BCUT2D eigenvalue weighted by atomic mass is 16.6. The lowest BCUT2D eigenvalue weighted by Crippen LogP contribution is -2.34. The Morgan fingerprint density at radius 2 is 1.32 bits per heavy atom. The van der Waals surface area contributed by atoms with Gasteiger partial charge < -0.3 is 14.2 Å². The van der Waals surface area contributed by atoms with Gasteiger partial charge in [-0.25, -0.2) is 14.4 Å². The third kappa shape index (κ3) is 5.46. The van der Waals surface area contributed by atoms with Crippen LogP contribution in [0.2, 0.25) is 0 Å². The Balaban J connectivity index is 2.02. The molecule has 0 aliphatic rings. The van der Waals surface area contributed by atoms with Crippen LogP contribution in [0.3, 0.4) is 0 Å². The quantitative estimate of drug-likeness (QED) is 0.568. The van der Waals surface area contributed by atoms with Crippen LogP contribution in [0.4, 0.5) is 0 Å². The lowest BCUT2D eigenvalue weighted by atomic mass is 10.2. The molecule has 0 aromatic heterocycles. The van der Waals surface area contributed by atoms with Crippen LogP contribution in [-0.2, 0) is 19.0 Å². The van der Waals surface area contributed by atoms with E-state index in [1.54, 1.807) is 67.6 Å². The summed E-state index contributed by atoms with van der Waals surface area (Å²) in [5, 5.41) is 0. The van der Waals surface area contributed by atoms with E-state index in [1.807, 2.05) is 0 Å². The summed E-state index contributed by atoms with van der Waals surface area (Å²) in [7, 11) is 0. The van der Waals surface area contributed by atoms with Crippen LogP contribution in [0.1, 0.15) is 27.6 Å². The van der Waals surface area contributed by atoms with E-state index in [1.165, 1.54) is 0 Å². The first-order chi connectivity index (χ1) is 12.1. The fourth-order valence-corrected chi connectivity index (χ4v) is 1.97. The van der Waals surface area contributed by atoms with Crippen molar-refractivity contribution in [2.75, 3.05) is 13.2 Å². The molecule has 0 fully saturated rings. The number of carbonyl (C=O) groups excluding carboxylic acids is 3. The molecule has 0 spiro atoms. The minimum Gasteiger partial charge on any atom is -0.463 e. The van der Waals surface area contributed by atoms with Gasteiger partial charge in [-0.3, -0.25) is 0 Å². The molecule has 0 bridgehead atoms. The molecule has 0 saturated carbocycles. The zero-order valence-corrected chi connectivity index (χ0v) is 13.7. The van der Waals surface area contributed by atoms with Gasteiger partial charge in [-0.15, -0.1) is 0 Å². The van der Waals surface area contributed by atoms with Crippen LogP contribution in [0, 0.1) is 0 Å². The normalized spacial score (nSPS) is 11.2. The van der Waals surface area contributed by atoms with Gasteiger partial charge in [-0.05, 0) is 31.2 Å². The second-order valence-electron chi connectivity index (χ2n) is 4.98. The van der Waals surface area contributed by atoms with Crippen molar-refractivity contribution in [2.45, 2.75) is 13.0 Å². The summed E-state index contributed by atoms with van der Waals surface area (Å²) >= 11 is 0. The summed E-state index contributed by atoms with van der Waals surface area (Å²) < 4.78 is 15.1. The molecule has 0 aliphatic carbocycles. The van der Waals surface area contributed by atoms with Crippen molar-refractivity contribution >= 4 is 17.9 Å². The fraction of sp³-hybridized carbons (Fsp3) is 0.211. The maximum Gasteiger partial charge on any atom is 0.351 e. The summed E-state index contributed by atoms with van der Waals surface area (Å²) in [4.78, 5) is 36.0. The minimum absolute atomic E-state index is 0.116. The molecule has 0 radical (unpaired) electrons. The molecule has 0 amide bonds. The molecule has 2 rings (SSSR count). The Morgan fingerprint density at radius 1 is 0.800 bits per heavy atom. The molecule has 1 atom stereocenters. The number of ether oxygens (including phenoxy) is 3. The molecule has 6 nitrogen and oxygen atoms in total. The Hall–Kier alpha value is -3.15. The maximum atomic E-state index is 12.1. The summed E-state index contributed by atoms with van der Waals surface area (Å²) in [5.41, 5.74) is 0.616. The standard InChI is InChI=1S/C19H18O6/c1-2-23-19(22)16(25-18(21)15-11-7-4-8-12-15)13-24-17(20)14-9-5-3-6-10-14/h3-12,16H,2,13H2,1H3/t16-/m1/s1. The Morgan fingerprint density at radius 3 is 1.84 bits per heavy atom. The first-order valence-electron chi connectivity index (χ1n) is 7.76. The fourth-order valence-electron chi connectivity index (χ4n) is 1.97. The van der Waals surface area contributed by atoms with Crippen molar-refractivity contribution in [3.63, 3.8) is 0 Å². The number of rotatable bonds is 7. The molecule has 130 valence electrons. The molecular formula is C19H18O6. The third-order valence-electron chi connectivity index (χ3n) is 3.18. The van der Waals surface area contributed by atoms with Crippen LogP contribution < -0.4 is 0 Å². The van der Waals surface area contributed by atoms with E-state index >= 15 is 0 Å². The number of hydrogen-bond acceptors (Lipinski definition) is 6. The third-order valence-corrected chi connectivity index (χ3v) is 3.18. The van der Waals surface area contributed by atoms with E-state index in [0.717, 1.165) is 0 Å². The van der Waals surface area contributed by atoms with E-state index in [0.29, 0.717) is 5.56 Å². The van der Waals surface area contributed by atoms with Crippen LogP contribution in [0.25, 0.3) is 0 Å². The number of esters is 3. The number of benzene rings is 2. The predicted molar refractivity (Wildman–Crippen MR) is 89.0 cm³/mol. The molecule has 0 N–H and O–H groups in total. The van der Waals surface area contributed by atoms with E-state index in [2.05, 4.69) is 0 Å². The monoisotopic (exact) mass is 342 g/mol. The largest absolute Gasteiger partial charge is 0.463 e. The van der Waals surface area contributed by atoms with Gasteiger partial charge in [0.1, 0.15) is 6.61 Å². The first kappa shape index (κ1) is 18.2. The van der Waals surface area contributed by atoms with E-state index < -0.39 is 30.6 Å². The Labute approximate surface area is 145 Å². The van der Waals surface area contributed by atoms with Crippen LogP contribution in [-0.4, -0.2) is 37.2 Å². The highest BCUT2D eigenvalue weighted by molar-refractivity contribution is 5.92. The Kier molecular flexibility index (Phi) is 6.71. The van der Waals surface area contributed by atoms with Crippen molar-refractivity contribution in [3.05, 3.63) is 71.8 Å². The first-order valence-corrected chi connectivity index (χ1v) is 7.76. The van der Waals surface area contributed by atoms with Crippen molar-refractivity contribution in [1.29, 1.82) is 0 Å². The van der Waals surface area contributed by atoms with E-state index in [-0.39, 0.29) is 12.2 Å². The average molecular weight is 342 g/mol. The van der Waals surface area contributed by atoms with Gasteiger partial charge >= 0.3 is 17.9 Å². The zero-order valence-electron chi connectivity index (χ0n) is 13.7.